The zero-order chi connectivity index (χ0) is 14.4. The topological polar surface area (TPSA) is 72.8 Å². The highest BCUT2D eigenvalue weighted by molar-refractivity contribution is 5.42. The molecule has 2 heterocycles. The quantitative estimate of drug-likeness (QED) is 0.801. The fraction of sp³-hybridized carbons (Fsp3) is 0.643. The first-order chi connectivity index (χ1) is 9.68. The van der Waals surface area contributed by atoms with Gasteiger partial charge in [0.15, 0.2) is 11.5 Å². The van der Waals surface area contributed by atoms with E-state index in [2.05, 4.69) is 10.3 Å². The molecule has 0 aliphatic carbocycles. The number of aromatic nitrogens is 1. The minimum Gasteiger partial charge on any atom is -0.493 e. The molecule has 2 N–H and O–H groups in total. The molecule has 0 amide bonds. The van der Waals surface area contributed by atoms with Crippen molar-refractivity contribution >= 4 is 0 Å². The molecular weight excluding hydrogens is 260 g/mol. The van der Waals surface area contributed by atoms with Crippen molar-refractivity contribution in [1.29, 1.82) is 0 Å². The molecular formula is C14H22N2O4. The highest BCUT2D eigenvalue weighted by Gasteiger charge is 2.29. The van der Waals surface area contributed by atoms with E-state index in [4.69, 9.17) is 14.2 Å². The SMILES string of the molecule is COc1ccnc(CNCC2(O)CCOCC2)c1OC. The Bertz CT molecular complexity index is 433. The average molecular weight is 282 g/mol. The number of pyridine rings is 1. The second-order valence-electron chi connectivity index (χ2n) is 4.93. The van der Waals surface area contributed by atoms with Crippen molar-refractivity contribution in [3.63, 3.8) is 0 Å². The van der Waals surface area contributed by atoms with Gasteiger partial charge in [-0.05, 0) is 0 Å². The summed E-state index contributed by atoms with van der Waals surface area (Å²) in [6, 6.07) is 1.76. The van der Waals surface area contributed by atoms with Crippen molar-refractivity contribution in [3.8, 4) is 11.5 Å². The zero-order valence-corrected chi connectivity index (χ0v) is 12.0. The van der Waals surface area contributed by atoms with Crippen molar-refractivity contribution in [1.82, 2.24) is 10.3 Å². The lowest BCUT2D eigenvalue weighted by Crippen LogP contribution is -2.44. The van der Waals surface area contributed by atoms with Gasteiger partial charge in [-0.15, -0.1) is 0 Å². The molecule has 6 nitrogen and oxygen atoms in total. The van der Waals surface area contributed by atoms with E-state index in [0.29, 0.717) is 50.6 Å². The van der Waals surface area contributed by atoms with E-state index in [-0.39, 0.29) is 0 Å². The van der Waals surface area contributed by atoms with Gasteiger partial charge in [0.2, 0.25) is 0 Å². The third-order valence-corrected chi connectivity index (χ3v) is 3.54. The maximum atomic E-state index is 10.4. The Hall–Kier alpha value is -1.37. The third-order valence-electron chi connectivity index (χ3n) is 3.54. The van der Waals surface area contributed by atoms with Crippen LogP contribution in [-0.2, 0) is 11.3 Å². The summed E-state index contributed by atoms with van der Waals surface area (Å²) in [7, 11) is 3.19. The molecule has 0 radical (unpaired) electrons. The van der Waals surface area contributed by atoms with Gasteiger partial charge in [0.1, 0.15) is 0 Å². The lowest BCUT2D eigenvalue weighted by atomic mass is 9.94. The summed E-state index contributed by atoms with van der Waals surface area (Å²) in [4.78, 5) is 4.29. The molecule has 1 aliphatic rings. The molecule has 1 aromatic rings. The molecule has 2 rings (SSSR count). The second kappa shape index (κ2) is 6.88. The number of nitrogens with zero attached hydrogens (tertiary/aromatic N) is 1. The van der Waals surface area contributed by atoms with Gasteiger partial charge in [-0.1, -0.05) is 0 Å². The molecule has 20 heavy (non-hydrogen) atoms. The molecule has 0 aromatic carbocycles. The summed E-state index contributed by atoms with van der Waals surface area (Å²) in [5.41, 5.74) is 0.0761. The first-order valence-corrected chi connectivity index (χ1v) is 6.75. The van der Waals surface area contributed by atoms with E-state index in [1.807, 2.05) is 0 Å². The summed E-state index contributed by atoms with van der Waals surface area (Å²) in [5, 5.41) is 13.6. The van der Waals surface area contributed by atoms with Crippen LogP contribution < -0.4 is 14.8 Å². The Labute approximate surface area is 119 Å². The van der Waals surface area contributed by atoms with Crippen LogP contribution in [0.4, 0.5) is 0 Å². The molecule has 1 aromatic heterocycles. The molecule has 6 heteroatoms. The predicted octanol–water partition coefficient (Wildman–Crippen LogP) is 0.730. The molecule has 1 fully saturated rings. The average Bonchev–Trinajstić information content (AvgIpc) is 2.47. The van der Waals surface area contributed by atoms with Gasteiger partial charge < -0.3 is 24.6 Å². The molecule has 0 saturated carbocycles. The summed E-state index contributed by atoms with van der Waals surface area (Å²) in [5.74, 6) is 1.28. The van der Waals surface area contributed by atoms with Crippen molar-refractivity contribution in [2.75, 3.05) is 34.0 Å². The first-order valence-electron chi connectivity index (χ1n) is 6.75. The number of rotatable bonds is 6. The van der Waals surface area contributed by atoms with Crippen molar-refractivity contribution in [2.24, 2.45) is 0 Å². The largest absolute Gasteiger partial charge is 0.493 e. The van der Waals surface area contributed by atoms with Gasteiger partial charge in [0.05, 0.1) is 25.5 Å². The maximum absolute atomic E-state index is 10.4. The van der Waals surface area contributed by atoms with Gasteiger partial charge in [-0.3, -0.25) is 4.98 Å². The Morgan fingerprint density at radius 2 is 2.10 bits per heavy atom. The van der Waals surface area contributed by atoms with Gasteiger partial charge in [-0.25, -0.2) is 0 Å². The van der Waals surface area contributed by atoms with Crippen LogP contribution in [0.3, 0.4) is 0 Å². The highest BCUT2D eigenvalue weighted by Crippen LogP contribution is 2.29. The molecule has 1 aliphatic heterocycles. The minimum absolute atomic E-state index is 0.512. The van der Waals surface area contributed by atoms with E-state index >= 15 is 0 Å². The molecule has 1 saturated heterocycles. The summed E-state index contributed by atoms with van der Waals surface area (Å²) >= 11 is 0. The Kier molecular flexibility index (Phi) is 5.17. The van der Waals surface area contributed by atoms with Crippen LogP contribution in [0.25, 0.3) is 0 Å². The number of methoxy groups -OCH3 is 2. The summed E-state index contributed by atoms with van der Waals surface area (Å²) < 4.78 is 15.8. The number of ether oxygens (including phenoxy) is 3. The molecule has 0 bridgehead atoms. The highest BCUT2D eigenvalue weighted by atomic mass is 16.5. The van der Waals surface area contributed by atoms with Gasteiger partial charge >= 0.3 is 0 Å². The van der Waals surface area contributed by atoms with E-state index in [1.54, 1.807) is 26.5 Å². The van der Waals surface area contributed by atoms with Crippen LogP contribution in [-0.4, -0.2) is 49.7 Å². The van der Waals surface area contributed by atoms with E-state index in [9.17, 15) is 5.11 Å². The monoisotopic (exact) mass is 282 g/mol. The number of aliphatic hydroxyl groups is 1. The van der Waals surface area contributed by atoms with Crippen LogP contribution in [0.15, 0.2) is 12.3 Å². The first kappa shape index (κ1) is 15.0. The van der Waals surface area contributed by atoms with Crippen LogP contribution in [0, 0.1) is 0 Å². The Morgan fingerprint density at radius 3 is 2.75 bits per heavy atom. The summed E-state index contributed by atoms with van der Waals surface area (Å²) in [6.07, 6.45) is 2.99. The molecule has 0 atom stereocenters. The van der Waals surface area contributed by atoms with E-state index < -0.39 is 5.60 Å². The van der Waals surface area contributed by atoms with E-state index in [1.165, 1.54) is 0 Å². The number of hydrogen-bond donors (Lipinski definition) is 2. The molecule has 0 unspecified atom stereocenters. The third kappa shape index (κ3) is 3.59. The fourth-order valence-corrected chi connectivity index (χ4v) is 2.32. The van der Waals surface area contributed by atoms with Gasteiger partial charge in [-0.2, -0.15) is 0 Å². The van der Waals surface area contributed by atoms with Gasteiger partial charge in [0.25, 0.3) is 0 Å². The molecule has 0 spiro atoms. The predicted molar refractivity (Wildman–Crippen MR) is 74.1 cm³/mol. The number of nitrogens with one attached hydrogen (secondary N) is 1. The second-order valence-corrected chi connectivity index (χ2v) is 4.93. The standard InChI is InChI=1S/C14H22N2O4/c1-18-12-3-6-16-11(13(12)19-2)9-15-10-14(17)4-7-20-8-5-14/h3,6,15,17H,4-5,7-10H2,1-2H3. The van der Waals surface area contributed by atoms with Crippen molar-refractivity contribution in [2.45, 2.75) is 25.0 Å². The van der Waals surface area contributed by atoms with Crippen LogP contribution in [0.5, 0.6) is 11.5 Å². The summed E-state index contributed by atoms with van der Waals surface area (Å²) in [6.45, 7) is 2.25. The Balaban J connectivity index is 1.93. The lowest BCUT2D eigenvalue weighted by Gasteiger charge is -2.32. The zero-order valence-electron chi connectivity index (χ0n) is 12.0. The van der Waals surface area contributed by atoms with Crippen molar-refractivity contribution in [3.05, 3.63) is 18.0 Å². The van der Waals surface area contributed by atoms with Crippen LogP contribution in [0.2, 0.25) is 0 Å². The normalized spacial score (nSPS) is 17.8. The lowest BCUT2D eigenvalue weighted by molar-refractivity contribution is -0.0617. The maximum Gasteiger partial charge on any atom is 0.183 e. The van der Waals surface area contributed by atoms with E-state index in [0.717, 1.165) is 5.69 Å². The van der Waals surface area contributed by atoms with Gasteiger partial charge in [0, 0.05) is 51.4 Å². The van der Waals surface area contributed by atoms with Crippen LogP contribution >= 0.6 is 0 Å². The Morgan fingerprint density at radius 1 is 1.35 bits per heavy atom. The minimum atomic E-state index is -0.690. The smallest absolute Gasteiger partial charge is 0.183 e. The molecule has 112 valence electrons. The van der Waals surface area contributed by atoms with Crippen LogP contribution in [0.1, 0.15) is 18.5 Å². The fourth-order valence-electron chi connectivity index (χ4n) is 2.32. The number of hydrogen-bond acceptors (Lipinski definition) is 6. The van der Waals surface area contributed by atoms with Crippen molar-refractivity contribution < 1.29 is 19.3 Å².